The number of nitrogens with two attached hydrogens (primary N) is 1. The van der Waals surface area contributed by atoms with Crippen molar-refractivity contribution in [2.45, 2.75) is 50.6 Å². The molecule has 10 heteroatoms. The minimum atomic E-state index is -1.28. The first kappa shape index (κ1) is 19.5. The zero-order valence-corrected chi connectivity index (χ0v) is 16.0. The quantitative estimate of drug-likeness (QED) is 0.489. The van der Waals surface area contributed by atoms with Crippen molar-refractivity contribution in [1.29, 1.82) is 0 Å². The Hall–Kier alpha value is -2.79. The number of para-hydroxylation sites is 1. The topological polar surface area (TPSA) is 149 Å². The number of fused-ring (bicyclic) bond motifs is 1. The van der Waals surface area contributed by atoms with Gasteiger partial charge in [-0.05, 0) is 19.9 Å². The van der Waals surface area contributed by atoms with Gasteiger partial charge in [-0.2, -0.15) is 0 Å². The number of ether oxygens (including phenoxy) is 2. The van der Waals surface area contributed by atoms with Gasteiger partial charge in [0.2, 0.25) is 0 Å². The molecule has 1 saturated heterocycles. The van der Waals surface area contributed by atoms with E-state index in [1.165, 1.54) is 23.3 Å². The predicted molar refractivity (Wildman–Crippen MR) is 103 cm³/mol. The summed E-state index contributed by atoms with van der Waals surface area (Å²) < 4.78 is 13.5. The summed E-state index contributed by atoms with van der Waals surface area (Å²) >= 11 is 0. The van der Waals surface area contributed by atoms with Gasteiger partial charge < -0.3 is 30.5 Å². The summed E-state index contributed by atoms with van der Waals surface area (Å²) in [7, 11) is 0. The second kappa shape index (κ2) is 7.56. The highest BCUT2D eigenvalue weighted by Gasteiger charge is 2.49. The third-order valence-corrected chi connectivity index (χ3v) is 4.90. The highest BCUT2D eigenvalue weighted by Crippen LogP contribution is 2.41. The van der Waals surface area contributed by atoms with Crippen LogP contribution in [0.1, 0.15) is 31.7 Å². The number of aromatic nitrogens is 4. The molecule has 0 spiro atoms. The van der Waals surface area contributed by atoms with Crippen LogP contribution in [-0.4, -0.2) is 59.3 Å². The average Bonchev–Trinajstić information content (AvgIpc) is 3.23. The molecule has 0 aliphatic carbocycles. The molecule has 1 aliphatic rings. The highest BCUT2D eigenvalue weighted by atomic mass is 16.6. The van der Waals surface area contributed by atoms with Gasteiger partial charge in [0.05, 0.1) is 12.4 Å². The lowest BCUT2D eigenvalue weighted by Gasteiger charge is -2.28. The number of rotatable bonds is 5. The zero-order chi connectivity index (χ0) is 20.7. The van der Waals surface area contributed by atoms with E-state index in [0.29, 0.717) is 16.7 Å². The second-order valence-corrected chi connectivity index (χ2v) is 7.22. The molecule has 1 aliphatic heterocycles. The van der Waals surface area contributed by atoms with Crippen LogP contribution < -0.4 is 5.73 Å². The van der Waals surface area contributed by atoms with Gasteiger partial charge in [-0.25, -0.2) is 15.0 Å². The van der Waals surface area contributed by atoms with Crippen LogP contribution in [0.3, 0.4) is 0 Å². The van der Waals surface area contributed by atoms with Gasteiger partial charge in [0.15, 0.2) is 17.7 Å². The Morgan fingerprint density at radius 2 is 1.90 bits per heavy atom. The molecule has 1 unspecified atom stereocenters. The maximum atomic E-state index is 10.8. The fourth-order valence-corrected chi connectivity index (χ4v) is 3.57. The van der Waals surface area contributed by atoms with E-state index < -0.39 is 30.6 Å². The number of hydrogen-bond acceptors (Lipinski definition) is 9. The van der Waals surface area contributed by atoms with E-state index in [0.717, 1.165) is 0 Å². The highest BCUT2D eigenvalue weighted by molar-refractivity contribution is 5.81. The molecular weight excluding hydrogens is 378 g/mol. The Morgan fingerprint density at radius 1 is 1.14 bits per heavy atom. The first-order chi connectivity index (χ1) is 13.9. The lowest BCUT2D eigenvalue weighted by Crippen LogP contribution is -2.36. The monoisotopic (exact) mass is 401 g/mol. The Morgan fingerprint density at radius 3 is 2.62 bits per heavy atom. The van der Waals surface area contributed by atoms with Crippen LogP contribution in [0.2, 0.25) is 0 Å². The van der Waals surface area contributed by atoms with Crippen LogP contribution in [0.5, 0.6) is 5.75 Å². The molecule has 4 rings (SSSR count). The van der Waals surface area contributed by atoms with Crippen LogP contribution in [-0.2, 0) is 9.47 Å². The lowest BCUT2D eigenvalue weighted by molar-refractivity contribution is -0.124. The molecule has 0 saturated carbocycles. The molecule has 3 heterocycles. The number of aliphatic hydroxyl groups is 2. The number of nitrogen functional groups attached to an aromatic ring is 1. The predicted octanol–water partition coefficient (Wildman–Crippen LogP) is 0.900. The fraction of sp³-hybridized carbons (Fsp3) is 0.421. The van der Waals surface area contributed by atoms with Gasteiger partial charge in [0, 0.05) is 5.56 Å². The summed E-state index contributed by atoms with van der Waals surface area (Å²) in [6.07, 6.45) is -2.78. The SMILES string of the molecule is CC(C)OC(c1ccccc1O)[C@H]1O[C@@H](n2cnc3c(N)ncnc32)[C@H](O)[C@@H]1O. The van der Waals surface area contributed by atoms with E-state index in [1.807, 2.05) is 13.8 Å². The van der Waals surface area contributed by atoms with Crippen LogP contribution >= 0.6 is 0 Å². The van der Waals surface area contributed by atoms with E-state index >= 15 is 0 Å². The van der Waals surface area contributed by atoms with Gasteiger partial charge in [0.1, 0.15) is 42.0 Å². The number of nitrogens with zero attached hydrogens (tertiary/aromatic N) is 4. The standard InChI is InChI=1S/C19H23N5O5/c1-9(2)28-15(10-5-3-4-6-11(10)25)16-13(26)14(27)19(29-16)24-8-23-12-17(20)21-7-22-18(12)24/h3-9,13-16,19,25-27H,1-2H3,(H2,20,21,22)/t13-,14+,15?,16-,19+/m0/s1. The minimum absolute atomic E-state index is 0.0143. The molecule has 1 aromatic carbocycles. The van der Waals surface area contributed by atoms with Crippen LogP contribution in [0.25, 0.3) is 11.2 Å². The summed E-state index contributed by atoms with van der Waals surface area (Å²) in [5.41, 5.74) is 7.03. The molecular formula is C19H23N5O5. The summed E-state index contributed by atoms with van der Waals surface area (Å²) in [4.78, 5) is 12.2. The molecule has 0 amide bonds. The van der Waals surface area contributed by atoms with Crippen molar-refractivity contribution >= 4 is 17.0 Å². The summed E-state index contributed by atoms with van der Waals surface area (Å²) in [5.74, 6) is 0.217. The van der Waals surface area contributed by atoms with Crippen molar-refractivity contribution < 1.29 is 24.8 Å². The number of imidazole rings is 1. The first-order valence-corrected chi connectivity index (χ1v) is 9.26. The number of phenolic OH excluding ortho intramolecular Hbond substituents is 1. The maximum Gasteiger partial charge on any atom is 0.167 e. The van der Waals surface area contributed by atoms with Gasteiger partial charge >= 0.3 is 0 Å². The minimum Gasteiger partial charge on any atom is -0.508 e. The Kier molecular flexibility index (Phi) is 5.09. The fourth-order valence-electron chi connectivity index (χ4n) is 3.57. The molecule has 154 valence electrons. The number of phenols is 1. The van der Waals surface area contributed by atoms with Gasteiger partial charge in [-0.1, -0.05) is 18.2 Å². The lowest BCUT2D eigenvalue weighted by atomic mass is 9.98. The molecule has 1 fully saturated rings. The van der Waals surface area contributed by atoms with Crippen LogP contribution in [0, 0.1) is 0 Å². The molecule has 3 aromatic rings. The Bertz CT molecular complexity index is 1010. The third kappa shape index (κ3) is 3.40. The largest absolute Gasteiger partial charge is 0.508 e. The van der Waals surface area contributed by atoms with Gasteiger partial charge in [-0.3, -0.25) is 4.57 Å². The van der Waals surface area contributed by atoms with Crippen molar-refractivity contribution in [3.05, 3.63) is 42.5 Å². The molecule has 10 nitrogen and oxygen atoms in total. The van der Waals surface area contributed by atoms with E-state index in [-0.39, 0.29) is 17.7 Å². The Balaban J connectivity index is 1.71. The normalized spacial score (nSPS) is 25.7. The number of anilines is 1. The number of hydrogen-bond donors (Lipinski definition) is 4. The number of benzene rings is 1. The van der Waals surface area contributed by atoms with Gasteiger partial charge in [-0.15, -0.1) is 0 Å². The number of aliphatic hydroxyl groups excluding tert-OH is 2. The summed E-state index contributed by atoms with van der Waals surface area (Å²) in [6, 6.07) is 6.67. The molecule has 5 N–H and O–H groups in total. The second-order valence-electron chi connectivity index (χ2n) is 7.22. The average molecular weight is 401 g/mol. The van der Waals surface area contributed by atoms with Crippen LogP contribution in [0.15, 0.2) is 36.9 Å². The van der Waals surface area contributed by atoms with Crippen molar-refractivity contribution in [1.82, 2.24) is 19.5 Å². The van der Waals surface area contributed by atoms with Crippen molar-refractivity contribution in [2.75, 3.05) is 5.73 Å². The summed E-state index contributed by atoms with van der Waals surface area (Å²) in [5, 5.41) is 31.8. The van der Waals surface area contributed by atoms with E-state index in [2.05, 4.69) is 15.0 Å². The van der Waals surface area contributed by atoms with Crippen molar-refractivity contribution in [2.24, 2.45) is 0 Å². The zero-order valence-electron chi connectivity index (χ0n) is 16.0. The molecule has 0 bridgehead atoms. The summed E-state index contributed by atoms with van der Waals surface area (Å²) in [6.45, 7) is 3.68. The number of aromatic hydroxyl groups is 1. The maximum absolute atomic E-state index is 10.8. The Labute approximate surface area is 166 Å². The molecule has 2 aromatic heterocycles. The van der Waals surface area contributed by atoms with E-state index in [9.17, 15) is 15.3 Å². The van der Waals surface area contributed by atoms with E-state index in [1.54, 1.807) is 18.2 Å². The van der Waals surface area contributed by atoms with Gasteiger partial charge in [0.25, 0.3) is 0 Å². The molecule has 5 atom stereocenters. The molecule has 29 heavy (non-hydrogen) atoms. The smallest absolute Gasteiger partial charge is 0.167 e. The van der Waals surface area contributed by atoms with Crippen molar-refractivity contribution in [3.8, 4) is 5.75 Å². The third-order valence-electron chi connectivity index (χ3n) is 4.90. The van der Waals surface area contributed by atoms with Crippen LogP contribution in [0.4, 0.5) is 5.82 Å². The molecule has 0 radical (unpaired) electrons. The van der Waals surface area contributed by atoms with Crippen molar-refractivity contribution in [3.63, 3.8) is 0 Å². The van der Waals surface area contributed by atoms with E-state index in [4.69, 9.17) is 15.2 Å². The first-order valence-electron chi connectivity index (χ1n) is 9.26.